The lowest BCUT2D eigenvalue weighted by molar-refractivity contribution is -0.133. The van der Waals surface area contributed by atoms with Gasteiger partial charge in [0.15, 0.2) is 0 Å². The molecule has 20 heavy (non-hydrogen) atoms. The Hall–Kier alpha value is -1.30. The molecule has 0 spiro atoms. The minimum atomic E-state index is -0.475. The molecule has 1 rings (SSSR count). The molecular formula is C14H27N3O3. The number of carbonyl (C=O) groups excluding carboxylic acids is 2. The standard InChI is InChI=1S/C14H27N3O3/c1-10(15)12(18)17-7-5-11(6-8-17)9-16-13(19)20-14(2,3)4/h10-11H,5-9,15H2,1-4H3,(H,16,19)/t10-/m0/s1. The molecular weight excluding hydrogens is 258 g/mol. The molecule has 3 N–H and O–H groups in total. The van der Waals surface area contributed by atoms with Gasteiger partial charge in [-0.3, -0.25) is 4.79 Å². The van der Waals surface area contributed by atoms with Gasteiger partial charge in [-0.15, -0.1) is 0 Å². The summed E-state index contributed by atoms with van der Waals surface area (Å²) in [7, 11) is 0. The minimum absolute atomic E-state index is 0.00329. The summed E-state index contributed by atoms with van der Waals surface area (Å²) in [5, 5.41) is 2.79. The van der Waals surface area contributed by atoms with Crippen LogP contribution in [0.4, 0.5) is 4.79 Å². The number of amides is 2. The second kappa shape index (κ2) is 6.92. The Morgan fingerprint density at radius 3 is 2.35 bits per heavy atom. The van der Waals surface area contributed by atoms with Crippen molar-refractivity contribution in [3.8, 4) is 0 Å². The number of hydrogen-bond acceptors (Lipinski definition) is 4. The van der Waals surface area contributed by atoms with Crippen LogP contribution in [-0.2, 0) is 9.53 Å². The quantitative estimate of drug-likeness (QED) is 0.813. The van der Waals surface area contributed by atoms with Crippen molar-refractivity contribution in [1.82, 2.24) is 10.2 Å². The van der Waals surface area contributed by atoms with E-state index in [1.54, 1.807) is 11.8 Å². The lowest BCUT2D eigenvalue weighted by atomic mass is 9.96. The fraction of sp³-hybridized carbons (Fsp3) is 0.857. The van der Waals surface area contributed by atoms with E-state index < -0.39 is 11.6 Å². The number of nitrogens with two attached hydrogens (primary N) is 1. The number of nitrogens with one attached hydrogen (secondary N) is 1. The lowest BCUT2D eigenvalue weighted by Crippen LogP contribution is -2.47. The highest BCUT2D eigenvalue weighted by Crippen LogP contribution is 2.17. The van der Waals surface area contributed by atoms with Crippen LogP contribution in [0, 0.1) is 5.92 Å². The Morgan fingerprint density at radius 1 is 1.35 bits per heavy atom. The third-order valence-corrected chi connectivity index (χ3v) is 3.25. The number of ether oxygens (including phenoxy) is 1. The van der Waals surface area contributed by atoms with Gasteiger partial charge in [-0.25, -0.2) is 4.79 Å². The number of carbonyl (C=O) groups is 2. The van der Waals surface area contributed by atoms with Crippen molar-refractivity contribution >= 4 is 12.0 Å². The number of hydrogen-bond donors (Lipinski definition) is 2. The van der Waals surface area contributed by atoms with Crippen LogP contribution in [-0.4, -0.2) is 48.2 Å². The van der Waals surface area contributed by atoms with Gasteiger partial charge < -0.3 is 20.7 Å². The van der Waals surface area contributed by atoms with Crippen LogP contribution in [0.15, 0.2) is 0 Å². The second-order valence-electron chi connectivity index (χ2n) is 6.44. The topological polar surface area (TPSA) is 84.7 Å². The van der Waals surface area contributed by atoms with Crippen molar-refractivity contribution in [3.63, 3.8) is 0 Å². The predicted molar refractivity (Wildman–Crippen MR) is 77.2 cm³/mol. The molecule has 1 saturated heterocycles. The van der Waals surface area contributed by atoms with E-state index in [-0.39, 0.29) is 12.0 Å². The maximum absolute atomic E-state index is 11.7. The lowest BCUT2D eigenvalue weighted by Gasteiger charge is -2.33. The first kappa shape index (κ1) is 16.8. The van der Waals surface area contributed by atoms with Crippen LogP contribution in [0.2, 0.25) is 0 Å². The second-order valence-corrected chi connectivity index (χ2v) is 6.44. The molecule has 0 aliphatic carbocycles. The van der Waals surface area contributed by atoms with Gasteiger partial charge in [0, 0.05) is 19.6 Å². The summed E-state index contributed by atoms with van der Waals surface area (Å²) in [6.45, 7) is 9.23. The molecule has 0 aromatic rings. The summed E-state index contributed by atoms with van der Waals surface area (Å²) < 4.78 is 5.19. The SMILES string of the molecule is C[C@H](N)C(=O)N1CCC(CNC(=O)OC(C)(C)C)CC1. The van der Waals surface area contributed by atoms with Crippen molar-refractivity contribution in [3.05, 3.63) is 0 Å². The van der Waals surface area contributed by atoms with Crippen LogP contribution in [0.25, 0.3) is 0 Å². The van der Waals surface area contributed by atoms with E-state index in [4.69, 9.17) is 10.5 Å². The van der Waals surface area contributed by atoms with Crippen LogP contribution >= 0.6 is 0 Å². The predicted octanol–water partition coefficient (Wildman–Crippen LogP) is 1.10. The third-order valence-electron chi connectivity index (χ3n) is 3.25. The van der Waals surface area contributed by atoms with Crippen molar-refractivity contribution < 1.29 is 14.3 Å². The van der Waals surface area contributed by atoms with Gasteiger partial charge in [0.2, 0.25) is 5.91 Å². The summed E-state index contributed by atoms with van der Waals surface area (Å²) in [4.78, 5) is 25.1. The normalized spacial score (nSPS) is 18.6. The largest absolute Gasteiger partial charge is 0.444 e. The van der Waals surface area contributed by atoms with Crippen LogP contribution in [0.1, 0.15) is 40.5 Å². The van der Waals surface area contributed by atoms with Crippen LogP contribution in [0.5, 0.6) is 0 Å². The highest BCUT2D eigenvalue weighted by Gasteiger charge is 2.25. The average Bonchev–Trinajstić information content (AvgIpc) is 2.34. The van der Waals surface area contributed by atoms with Gasteiger partial charge in [-0.2, -0.15) is 0 Å². The van der Waals surface area contributed by atoms with Crippen molar-refractivity contribution in [2.75, 3.05) is 19.6 Å². The smallest absolute Gasteiger partial charge is 0.407 e. The Labute approximate surface area is 121 Å². The van der Waals surface area contributed by atoms with Crippen molar-refractivity contribution in [2.45, 2.75) is 52.2 Å². The van der Waals surface area contributed by atoms with E-state index in [9.17, 15) is 9.59 Å². The summed E-state index contributed by atoms with van der Waals surface area (Å²) >= 11 is 0. The monoisotopic (exact) mass is 285 g/mol. The molecule has 0 radical (unpaired) electrons. The first-order valence-electron chi connectivity index (χ1n) is 7.20. The molecule has 6 nitrogen and oxygen atoms in total. The minimum Gasteiger partial charge on any atom is -0.444 e. The number of nitrogens with zero attached hydrogens (tertiary/aromatic N) is 1. The molecule has 6 heteroatoms. The zero-order valence-corrected chi connectivity index (χ0v) is 12.9. The van der Waals surface area contributed by atoms with Gasteiger partial charge in [-0.05, 0) is 46.5 Å². The van der Waals surface area contributed by atoms with E-state index in [0.717, 1.165) is 12.8 Å². The molecule has 0 saturated carbocycles. The first-order chi connectivity index (χ1) is 9.19. The zero-order valence-electron chi connectivity index (χ0n) is 12.9. The van der Waals surface area contributed by atoms with Gasteiger partial charge in [0.05, 0.1) is 6.04 Å². The Kier molecular flexibility index (Phi) is 5.80. The molecule has 1 fully saturated rings. The molecule has 1 atom stereocenters. The van der Waals surface area contributed by atoms with Gasteiger partial charge >= 0.3 is 6.09 Å². The summed E-state index contributed by atoms with van der Waals surface area (Å²) in [6.07, 6.45) is 1.38. The maximum atomic E-state index is 11.7. The molecule has 1 aliphatic rings. The maximum Gasteiger partial charge on any atom is 0.407 e. The summed E-state index contributed by atoms with van der Waals surface area (Å²) in [6, 6.07) is -0.438. The van der Waals surface area contributed by atoms with E-state index >= 15 is 0 Å². The average molecular weight is 285 g/mol. The van der Waals surface area contributed by atoms with Crippen LogP contribution in [0.3, 0.4) is 0 Å². The molecule has 0 bridgehead atoms. The molecule has 116 valence electrons. The van der Waals surface area contributed by atoms with Crippen LogP contribution < -0.4 is 11.1 Å². The van der Waals surface area contributed by atoms with Gasteiger partial charge in [0.25, 0.3) is 0 Å². The summed E-state index contributed by atoms with van der Waals surface area (Å²) in [5.74, 6) is 0.392. The number of likely N-dealkylation sites (tertiary alicyclic amines) is 1. The van der Waals surface area contributed by atoms with E-state index in [1.807, 2.05) is 20.8 Å². The van der Waals surface area contributed by atoms with E-state index in [0.29, 0.717) is 25.6 Å². The Morgan fingerprint density at radius 2 is 1.90 bits per heavy atom. The molecule has 0 aromatic heterocycles. The zero-order chi connectivity index (χ0) is 15.3. The molecule has 1 aliphatic heterocycles. The third kappa shape index (κ3) is 5.77. The molecule has 0 aromatic carbocycles. The Balaban J connectivity index is 2.26. The summed E-state index contributed by atoms with van der Waals surface area (Å²) in [5.41, 5.74) is 5.12. The molecule has 1 heterocycles. The number of piperidine rings is 1. The van der Waals surface area contributed by atoms with E-state index in [1.165, 1.54) is 0 Å². The fourth-order valence-electron chi connectivity index (χ4n) is 2.19. The number of alkyl carbamates (subject to hydrolysis) is 1. The number of rotatable bonds is 3. The highest BCUT2D eigenvalue weighted by molar-refractivity contribution is 5.81. The molecule has 0 unspecified atom stereocenters. The highest BCUT2D eigenvalue weighted by atomic mass is 16.6. The van der Waals surface area contributed by atoms with E-state index in [2.05, 4.69) is 5.32 Å². The molecule has 2 amide bonds. The van der Waals surface area contributed by atoms with Crippen molar-refractivity contribution in [2.24, 2.45) is 11.7 Å². The Bertz CT molecular complexity index is 342. The first-order valence-corrected chi connectivity index (χ1v) is 7.20. The fourth-order valence-corrected chi connectivity index (χ4v) is 2.19. The van der Waals surface area contributed by atoms with Gasteiger partial charge in [0.1, 0.15) is 5.60 Å². The van der Waals surface area contributed by atoms with Crippen molar-refractivity contribution in [1.29, 1.82) is 0 Å². The van der Waals surface area contributed by atoms with Gasteiger partial charge in [-0.1, -0.05) is 0 Å².